The molecule has 1 saturated heterocycles. The van der Waals surface area contributed by atoms with Crippen LogP contribution in [0.4, 0.5) is 16.2 Å². The Kier molecular flexibility index (Phi) is 8.41. The maximum atomic E-state index is 13.3. The first kappa shape index (κ1) is 28.6. The van der Waals surface area contributed by atoms with Gasteiger partial charge in [0, 0.05) is 55.6 Å². The van der Waals surface area contributed by atoms with Gasteiger partial charge in [-0.25, -0.2) is 18.2 Å². The number of urea groups is 1. The number of aryl methyl sites for hydroxylation is 1. The lowest BCUT2D eigenvalue weighted by Gasteiger charge is -2.27. The molecule has 5 rings (SSSR count). The number of allylic oxidation sites excluding steroid dienone is 1. The Balaban J connectivity index is 1.35. The Hall–Kier alpha value is -4.88. The lowest BCUT2D eigenvalue weighted by atomic mass is 10.1. The van der Waals surface area contributed by atoms with E-state index in [1.54, 1.807) is 55.7 Å². The summed E-state index contributed by atoms with van der Waals surface area (Å²) in [7, 11) is -2.30. The number of carbonyl (C=O) groups is 1. The van der Waals surface area contributed by atoms with Crippen LogP contribution in [0.3, 0.4) is 0 Å². The van der Waals surface area contributed by atoms with Gasteiger partial charge < -0.3 is 20.7 Å². The number of aromatic nitrogens is 3. The van der Waals surface area contributed by atoms with Gasteiger partial charge in [-0.1, -0.05) is 6.07 Å². The molecule has 0 radical (unpaired) electrons. The number of hydrogen-bond donors (Lipinski definition) is 3. The molecule has 216 valence electrons. The molecule has 13 heteroatoms. The lowest BCUT2D eigenvalue weighted by Crippen LogP contribution is -2.43. The zero-order valence-corrected chi connectivity index (χ0v) is 23.9. The fourth-order valence-corrected chi connectivity index (χ4v) is 5.79. The molecule has 1 aliphatic heterocycles. The molecular weight excluding hydrogens is 556 g/mol. The summed E-state index contributed by atoms with van der Waals surface area (Å²) in [5.41, 5.74) is 11.0. The van der Waals surface area contributed by atoms with Crippen molar-refractivity contribution in [1.29, 1.82) is 0 Å². The molecule has 1 aliphatic rings. The fraction of sp³-hybridized carbons (Fsp3) is 0.207. The highest BCUT2D eigenvalue weighted by Gasteiger charge is 2.20. The van der Waals surface area contributed by atoms with Crippen molar-refractivity contribution in [3.05, 3.63) is 78.5 Å². The predicted molar refractivity (Wildman–Crippen MR) is 163 cm³/mol. The number of nitrogens with one attached hydrogen (secondary N) is 2. The number of aliphatic imine (C=N–C) groups is 1. The normalized spacial score (nSPS) is 14.3. The number of nitrogens with zero attached hydrogens (tertiary/aromatic N) is 5. The number of nitrogens with two attached hydrogens (primary N) is 1. The second-order valence-electron chi connectivity index (χ2n) is 9.55. The quantitative estimate of drug-likeness (QED) is 0.276. The highest BCUT2D eigenvalue weighted by atomic mass is 32.2. The number of pyridine rings is 1. The van der Waals surface area contributed by atoms with Gasteiger partial charge >= 0.3 is 6.03 Å². The highest BCUT2D eigenvalue weighted by molar-refractivity contribution is 7.92. The monoisotopic (exact) mass is 586 g/mol. The van der Waals surface area contributed by atoms with Gasteiger partial charge in [-0.05, 0) is 54.4 Å². The topological polar surface area (TPSA) is 165 Å². The van der Waals surface area contributed by atoms with Gasteiger partial charge in [0.15, 0.2) is 0 Å². The van der Waals surface area contributed by atoms with Crippen molar-refractivity contribution >= 4 is 50.3 Å². The molecule has 4 N–H and O–H groups in total. The summed E-state index contributed by atoms with van der Waals surface area (Å²) < 4.78 is 34.5. The van der Waals surface area contributed by atoms with E-state index in [1.165, 1.54) is 18.5 Å². The minimum absolute atomic E-state index is 0.0881. The van der Waals surface area contributed by atoms with Crippen LogP contribution >= 0.6 is 0 Å². The Morgan fingerprint density at radius 3 is 2.57 bits per heavy atom. The first-order chi connectivity index (χ1) is 20.3. The second-order valence-corrected chi connectivity index (χ2v) is 11.2. The molecule has 2 aromatic heterocycles. The predicted octanol–water partition coefficient (Wildman–Crippen LogP) is 3.67. The first-order valence-corrected chi connectivity index (χ1v) is 14.6. The van der Waals surface area contributed by atoms with Crippen LogP contribution in [0.2, 0.25) is 0 Å². The van der Waals surface area contributed by atoms with E-state index < -0.39 is 10.0 Å². The molecular formula is C29H30N8O4S. The van der Waals surface area contributed by atoms with E-state index in [1.807, 2.05) is 18.2 Å². The average Bonchev–Trinajstić information content (AvgIpc) is 2.99. The van der Waals surface area contributed by atoms with E-state index >= 15 is 0 Å². The minimum Gasteiger partial charge on any atom is -0.404 e. The number of sulfonamides is 1. The van der Waals surface area contributed by atoms with Gasteiger partial charge in [-0.2, -0.15) is 0 Å². The molecule has 0 atom stereocenters. The number of amides is 2. The molecule has 0 saturated carbocycles. The van der Waals surface area contributed by atoms with Crippen LogP contribution in [0.5, 0.6) is 0 Å². The Morgan fingerprint density at radius 1 is 1.02 bits per heavy atom. The van der Waals surface area contributed by atoms with Crippen molar-refractivity contribution in [2.45, 2.75) is 11.8 Å². The van der Waals surface area contributed by atoms with Crippen molar-refractivity contribution in [1.82, 2.24) is 19.9 Å². The Bertz CT molecular complexity index is 1800. The summed E-state index contributed by atoms with van der Waals surface area (Å²) in [5, 5.41) is 2.82. The molecule has 2 amide bonds. The van der Waals surface area contributed by atoms with Crippen LogP contribution in [0.25, 0.3) is 27.7 Å². The molecule has 0 unspecified atom stereocenters. The third-order valence-electron chi connectivity index (χ3n) is 6.62. The van der Waals surface area contributed by atoms with Crippen molar-refractivity contribution in [2.24, 2.45) is 10.7 Å². The second kappa shape index (κ2) is 12.3. The van der Waals surface area contributed by atoms with Gasteiger partial charge in [-0.15, -0.1) is 0 Å². The van der Waals surface area contributed by atoms with E-state index in [9.17, 15) is 13.2 Å². The third kappa shape index (κ3) is 6.37. The first-order valence-electron chi connectivity index (χ1n) is 13.1. The van der Waals surface area contributed by atoms with E-state index in [-0.39, 0.29) is 10.9 Å². The number of ether oxygens (including phenoxy) is 1. The molecule has 4 aromatic rings. The fourth-order valence-electron chi connectivity index (χ4n) is 4.53. The average molecular weight is 587 g/mol. The smallest absolute Gasteiger partial charge is 0.321 e. The van der Waals surface area contributed by atoms with Gasteiger partial charge in [0.25, 0.3) is 10.0 Å². The third-order valence-corrected chi connectivity index (χ3v) is 8.17. The Morgan fingerprint density at radius 2 is 1.83 bits per heavy atom. The molecule has 12 nitrogen and oxygen atoms in total. The van der Waals surface area contributed by atoms with E-state index in [0.29, 0.717) is 71.1 Å². The number of morpholine rings is 1. The van der Waals surface area contributed by atoms with Crippen LogP contribution in [-0.2, 0) is 14.8 Å². The van der Waals surface area contributed by atoms with Crippen molar-refractivity contribution in [3.8, 4) is 11.1 Å². The molecule has 42 heavy (non-hydrogen) atoms. The lowest BCUT2D eigenvalue weighted by molar-refractivity contribution is 0.0564. The number of benzene rings is 2. The van der Waals surface area contributed by atoms with Crippen LogP contribution in [-0.4, -0.2) is 73.9 Å². The number of fused-ring (bicyclic) bond motifs is 1. The molecule has 0 bridgehead atoms. The summed E-state index contributed by atoms with van der Waals surface area (Å²) in [6.45, 7) is 3.66. The summed E-state index contributed by atoms with van der Waals surface area (Å²) in [6.07, 6.45) is 7.74. The van der Waals surface area contributed by atoms with Crippen LogP contribution in [0, 0.1) is 6.92 Å². The largest absolute Gasteiger partial charge is 0.404 e. The van der Waals surface area contributed by atoms with E-state index in [4.69, 9.17) is 10.5 Å². The van der Waals surface area contributed by atoms with E-state index in [0.717, 1.165) is 5.56 Å². The zero-order chi connectivity index (χ0) is 29.7. The van der Waals surface area contributed by atoms with Gasteiger partial charge in [0.2, 0.25) is 0 Å². The highest BCUT2D eigenvalue weighted by Crippen LogP contribution is 2.27. The van der Waals surface area contributed by atoms with Crippen molar-refractivity contribution < 1.29 is 17.9 Å². The molecule has 3 heterocycles. The maximum Gasteiger partial charge on any atom is 0.321 e. The minimum atomic E-state index is -3.95. The zero-order valence-electron chi connectivity index (χ0n) is 23.1. The van der Waals surface area contributed by atoms with Gasteiger partial charge in [-0.3, -0.25) is 19.7 Å². The van der Waals surface area contributed by atoms with Gasteiger partial charge in [0.1, 0.15) is 0 Å². The summed E-state index contributed by atoms with van der Waals surface area (Å²) in [5.74, 6) is 0. The Labute approximate surface area is 243 Å². The van der Waals surface area contributed by atoms with E-state index in [2.05, 4.69) is 30.0 Å². The maximum absolute atomic E-state index is 13.3. The van der Waals surface area contributed by atoms with Crippen molar-refractivity contribution in [3.63, 3.8) is 0 Å². The molecule has 0 spiro atoms. The van der Waals surface area contributed by atoms with Crippen LogP contribution in [0.15, 0.2) is 77.1 Å². The molecule has 2 aromatic carbocycles. The standard InChI is InChI=1S/C29H30N8O4S/c1-19-11-23(34-29(38)37-7-9-41-10-8-37)4-6-28(19)42(39,40)36-24-12-21(16-32-17-24)20-3-5-25-26(13-20)35-27(18-33-25)22(14-30)15-31-2/h3-6,11-18,36H,7-10,30H2,1-2H3,(H,34,38)/b22-14+,31-15?. The van der Waals surface area contributed by atoms with Crippen LogP contribution < -0.4 is 15.8 Å². The molecule has 0 aliphatic carbocycles. The van der Waals surface area contributed by atoms with Gasteiger partial charge in [0.05, 0.1) is 52.9 Å². The number of anilines is 2. The van der Waals surface area contributed by atoms with Crippen LogP contribution in [0.1, 0.15) is 11.3 Å². The number of carbonyl (C=O) groups excluding carboxylic acids is 1. The number of rotatable bonds is 7. The SMILES string of the molecule is CN=C/C(=C\N)c1cnc2ccc(-c3cncc(NS(=O)(=O)c4ccc(NC(=O)N5CCOCC5)cc4C)c3)cc2n1. The summed E-state index contributed by atoms with van der Waals surface area (Å²) in [6, 6.07) is 11.7. The van der Waals surface area contributed by atoms with Crippen molar-refractivity contribution in [2.75, 3.05) is 43.4 Å². The number of hydrogen-bond acceptors (Lipinski definition) is 9. The summed E-state index contributed by atoms with van der Waals surface area (Å²) >= 11 is 0. The summed E-state index contributed by atoms with van der Waals surface area (Å²) in [4.78, 5) is 31.6. The molecule has 1 fully saturated rings.